The standard InChI is InChI=1S/C15H18F3N5O/c1-23-7-6-19-14(23)13(10-4-8-24-9-5-10)20-12-3-2-11(21-22-12)15(16,17)18/h2-3,6-7,10,13H,4-5,8-9H2,1H3,(H,20,22)/t13-/m0/s1. The highest BCUT2D eigenvalue weighted by Crippen LogP contribution is 2.32. The molecule has 0 aliphatic carbocycles. The monoisotopic (exact) mass is 341 g/mol. The van der Waals surface area contributed by atoms with E-state index in [1.807, 2.05) is 17.8 Å². The predicted octanol–water partition coefficient (Wildman–Crippen LogP) is 2.81. The SMILES string of the molecule is Cn1ccnc1[C@@H](Nc1ccc(C(F)(F)F)nn1)C1CCOCC1. The van der Waals surface area contributed by atoms with Gasteiger partial charge < -0.3 is 14.6 Å². The number of halogens is 3. The van der Waals surface area contributed by atoms with E-state index in [9.17, 15) is 13.2 Å². The molecule has 1 fully saturated rings. The molecule has 1 saturated heterocycles. The Balaban J connectivity index is 1.82. The summed E-state index contributed by atoms with van der Waals surface area (Å²) in [7, 11) is 1.88. The molecular weight excluding hydrogens is 323 g/mol. The van der Waals surface area contributed by atoms with Gasteiger partial charge in [0, 0.05) is 32.7 Å². The number of anilines is 1. The van der Waals surface area contributed by atoms with E-state index in [0.717, 1.165) is 24.7 Å². The topological polar surface area (TPSA) is 64.9 Å². The number of aromatic nitrogens is 4. The van der Waals surface area contributed by atoms with E-state index < -0.39 is 11.9 Å². The number of nitrogens with one attached hydrogen (secondary N) is 1. The summed E-state index contributed by atoms with van der Waals surface area (Å²) < 4.78 is 45.1. The highest BCUT2D eigenvalue weighted by Gasteiger charge is 2.33. The number of ether oxygens (including phenoxy) is 1. The normalized spacial score (nSPS) is 17.7. The number of nitrogens with zero attached hydrogens (tertiary/aromatic N) is 4. The maximum Gasteiger partial charge on any atom is 0.435 e. The summed E-state index contributed by atoms with van der Waals surface area (Å²) in [5.41, 5.74) is -1.01. The van der Waals surface area contributed by atoms with Gasteiger partial charge in [0.25, 0.3) is 0 Å². The summed E-state index contributed by atoms with van der Waals surface area (Å²) in [6.07, 6.45) is 0.728. The van der Waals surface area contributed by atoms with Crippen LogP contribution in [0.25, 0.3) is 0 Å². The molecule has 0 unspecified atom stereocenters. The van der Waals surface area contributed by atoms with E-state index in [1.165, 1.54) is 6.07 Å². The Hall–Kier alpha value is -2.16. The van der Waals surface area contributed by atoms with Crippen LogP contribution in [-0.4, -0.2) is 33.0 Å². The van der Waals surface area contributed by atoms with E-state index in [0.29, 0.717) is 19.0 Å². The Morgan fingerprint density at radius 2 is 2.00 bits per heavy atom. The van der Waals surface area contributed by atoms with Gasteiger partial charge in [-0.15, -0.1) is 10.2 Å². The van der Waals surface area contributed by atoms with Gasteiger partial charge >= 0.3 is 6.18 Å². The van der Waals surface area contributed by atoms with Crippen molar-refractivity contribution in [1.29, 1.82) is 0 Å². The van der Waals surface area contributed by atoms with Gasteiger partial charge in [0.1, 0.15) is 11.6 Å². The van der Waals surface area contributed by atoms with Crippen LogP contribution >= 0.6 is 0 Å². The van der Waals surface area contributed by atoms with E-state index in [-0.39, 0.29) is 12.0 Å². The van der Waals surface area contributed by atoms with Gasteiger partial charge in [0.05, 0.1) is 6.04 Å². The summed E-state index contributed by atoms with van der Waals surface area (Å²) >= 11 is 0. The third kappa shape index (κ3) is 3.66. The summed E-state index contributed by atoms with van der Waals surface area (Å²) in [5, 5.41) is 10.1. The van der Waals surface area contributed by atoms with E-state index in [1.54, 1.807) is 6.20 Å². The molecule has 24 heavy (non-hydrogen) atoms. The minimum atomic E-state index is -4.49. The number of hydrogen-bond acceptors (Lipinski definition) is 5. The molecule has 2 aromatic rings. The van der Waals surface area contributed by atoms with Gasteiger partial charge in [-0.2, -0.15) is 13.2 Å². The van der Waals surface area contributed by atoms with Crippen molar-refractivity contribution in [2.45, 2.75) is 25.1 Å². The van der Waals surface area contributed by atoms with Crippen molar-refractivity contribution in [1.82, 2.24) is 19.7 Å². The fraction of sp³-hybridized carbons (Fsp3) is 0.533. The Kier molecular flexibility index (Phi) is 4.70. The maximum absolute atomic E-state index is 12.6. The fourth-order valence-corrected chi connectivity index (χ4v) is 2.84. The van der Waals surface area contributed by atoms with Gasteiger partial charge in [0.2, 0.25) is 0 Å². The van der Waals surface area contributed by atoms with Gasteiger partial charge in [-0.3, -0.25) is 0 Å². The lowest BCUT2D eigenvalue weighted by Gasteiger charge is -2.30. The highest BCUT2D eigenvalue weighted by atomic mass is 19.4. The lowest BCUT2D eigenvalue weighted by molar-refractivity contribution is -0.141. The molecular formula is C15H18F3N5O. The van der Waals surface area contributed by atoms with E-state index in [2.05, 4.69) is 20.5 Å². The maximum atomic E-state index is 12.6. The average molecular weight is 341 g/mol. The number of hydrogen-bond donors (Lipinski definition) is 1. The minimum Gasteiger partial charge on any atom is -0.381 e. The Morgan fingerprint density at radius 3 is 2.54 bits per heavy atom. The van der Waals surface area contributed by atoms with Crippen molar-refractivity contribution in [2.75, 3.05) is 18.5 Å². The molecule has 3 rings (SSSR count). The van der Waals surface area contributed by atoms with Crippen LogP contribution in [0.4, 0.5) is 19.0 Å². The zero-order valence-corrected chi connectivity index (χ0v) is 13.1. The van der Waals surface area contributed by atoms with Crippen molar-refractivity contribution in [3.8, 4) is 0 Å². The molecule has 1 N–H and O–H groups in total. The molecule has 2 aromatic heterocycles. The second-order valence-corrected chi connectivity index (χ2v) is 5.77. The molecule has 130 valence electrons. The first-order valence-corrected chi connectivity index (χ1v) is 7.67. The second kappa shape index (κ2) is 6.76. The largest absolute Gasteiger partial charge is 0.435 e. The number of rotatable bonds is 4. The van der Waals surface area contributed by atoms with E-state index >= 15 is 0 Å². The quantitative estimate of drug-likeness (QED) is 0.926. The predicted molar refractivity (Wildman–Crippen MR) is 80.1 cm³/mol. The lowest BCUT2D eigenvalue weighted by Crippen LogP contribution is -2.29. The molecule has 0 radical (unpaired) electrons. The molecule has 3 heterocycles. The third-order valence-electron chi connectivity index (χ3n) is 4.13. The minimum absolute atomic E-state index is 0.167. The molecule has 1 atom stereocenters. The van der Waals surface area contributed by atoms with Crippen LogP contribution in [0.5, 0.6) is 0 Å². The molecule has 6 nitrogen and oxygen atoms in total. The number of imidazole rings is 1. The second-order valence-electron chi connectivity index (χ2n) is 5.77. The molecule has 1 aliphatic rings. The number of aryl methyl sites for hydroxylation is 1. The molecule has 1 aliphatic heterocycles. The summed E-state index contributed by atoms with van der Waals surface area (Å²) in [5.74, 6) is 1.36. The molecule has 0 aromatic carbocycles. The van der Waals surface area contributed by atoms with Crippen molar-refractivity contribution in [3.05, 3.63) is 36.0 Å². The summed E-state index contributed by atoms with van der Waals surface area (Å²) in [4.78, 5) is 4.38. The smallest absolute Gasteiger partial charge is 0.381 e. The first-order chi connectivity index (χ1) is 11.4. The van der Waals surface area contributed by atoms with Crippen molar-refractivity contribution in [3.63, 3.8) is 0 Å². The van der Waals surface area contributed by atoms with Crippen LogP contribution in [0.15, 0.2) is 24.5 Å². The van der Waals surface area contributed by atoms with Crippen LogP contribution in [0.1, 0.15) is 30.4 Å². The first kappa shape index (κ1) is 16.7. The van der Waals surface area contributed by atoms with Gasteiger partial charge in [-0.05, 0) is 30.9 Å². The van der Waals surface area contributed by atoms with E-state index in [4.69, 9.17) is 4.74 Å². The first-order valence-electron chi connectivity index (χ1n) is 7.67. The van der Waals surface area contributed by atoms with Crippen molar-refractivity contribution in [2.24, 2.45) is 13.0 Å². The van der Waals surface area contributed by atoms with Crippen LogP contribution in [0, 0.1) is 5.92 Å². The molecule has 9 heteroatoms. The highest BCUT2D eigenvalue weighted by molar-refractivity contribution is 5.36. The lowest BCUT2D eigenvalue weighted by atomic mass is 9.91. The number of alkyl halides is 3. The Labute approximate surface area is 137 Å². The van der Waals surface area contributed by atoms with Crippen LogP contribution in [-0.2, 0) is 18.0 Å². The summed E-state index contributed by atoms with van der Waals surface area (Å²) in [6.45, 7) is 1.32. The van der Waals surface area contributed by atoms with Crippen molar-refractivity contribution >= 4 is 5.82 Å². The molecule has 0 amide bonds. The Bertz CT molecular complexity index is 664. The van der Waals surface area contributed by atoms with Gasteiger partial charge in [-0.25, -0.2) is 4.98 Å². The summed E-state index contributed by atoms with van der Waals surface area (Å²) in [6, 6.07) is 2.06. The van der Waals surface area contributed by atoms with Crippen LogP contribution < -0.4 is 5.32 Å². The fourth-order valence-electron chi connectivity index (χ4n) is 2.84. The molecule has 0 spiro atoms. The zero-order valence-electron chi connectivity index (χ0n) is 13.1. The van der Waals surface area contributed by atoms with Crippen LogP contribution in [0.2, 0.25) is 0 Å². The Morgan fingerprint density at radius 1 is 1.25 bits per heavy atom. The van der Waals surface area contributed by atoms with Gasteiger partial charge in [-0.1, -0.05) is 0 Å². The zero-order chi connectivity index (χ0) is 17.2. The third-order valence-corrected chi connectivity index (χ3v) is 4.13. The van der Waals surface area contributed by atoms with Crippen molar-refractivity contribution < 1.29 is 17.9 Å². The van der Waals surface area contributed by atoms with Crippen LogP contribution in [0.3, 0.4) is 0 Å². The van der Waals surface area contributed by atoms with Gasteiger partial charge in [0.15, 0.2) is 5.69 Å². The molecule has 0 bridgehead atoms. The molecule has 0 saturated carbocycles. The average Bonchev–Trinajstić information content (AvgIpc) is 2.99.